The van der Waals surface area contributed by atoms with Crippen molar-refractivity contribution in [2.75, 3.05) is 29.6 Å². The molecule has 1 aliphatic rings. The van der Waals surface area contributed by atoms with Gasteiger partial charge in [-0.15, -0.1) is 5.10 Å². The molecule has 2 aromatic rings. The van der Waals surface area contributed by atoms with Crippen molar-refractivity contribution in [3.05, 3.63) is 35.4 Å². The molecule has 30 heavy (non-hydrogen) atoms. The standard InChI is InChI=1S/C19H23BrN4O4S2/c1-3-12-30(27)18-22-21-17(29-18)24-15(9-11-23(2)19(24)26)28-16(25)14-6-4-13(5-7-14)8-10-20/h4-7,15H,3,8-12H2,1-2H3. The van der Waals surface area contributed by atoms with E-state index in [-0.39, 0.29) is 11.2 Å². The van der Waals surface area contributed by atoms with Gasteiger partial charge in [0.2, 0.25) is 5.13 Å². The largest absolute Gasteiger partial charge is 0.610 e. The Bertz CT molecular complexity index is 880. The van der Waals surface area contributed by atoms with Crippen LogP contribution in [-0.4, -0.2) is 62.6 Å². The van der Waals surface area contributed by atoms with Crippen LogP contribution in [0, 0.1) is 0 Å². The Morgan fingerprint density at radius 2 is 2.10 bits per heavy atom. The summed E-state index contributed by atoms with van der Waals surface area (Å²) in [6.45, 7) is 2.38. The molecule has 0 aliphatic carbocycles. The van der Waals surface area contributed by atoms with E-state index in [0.29, 0.717) is 28.6 Å². The van der Waals surface area contributed by atoms with Crippen molar-refractivity contribution in [1.82, 2.24) is 15.1 Å². The lowest BCUT2D eigenvalue weighted by atomic mass is 10.1. The molecule has 2 atom stereocenters. The Kier molecular flexibility index (Phi) is 8.09. The summed E-state index contributed by atoms with van der Waals surface area (Å²) in [5, 5.41) is 9.15. The highest BCUT2D eigenvalue weighted by atomic mass is 79.9. The van der Waals surface area contributed by atoms with Crippen LogP contribution in [-0.2, 0) is 22.3 Å². The van der Waals surface area contributed by atoms with Crippen LogP contribution in [0.4, 0.5) is 9.93 Å². The molecule has 0 N–H and O–H groups in total. The minimum Gasteiger partial charge on any atom is -0.610 e. The van der Waals surface area contributed by atoms with Gasteiger partial charge in [0.05, 0.1) is 5.56 Å². The zero-order chi connectivity index (χ0) is 21.7. The highest BCUT2D eigenvalue weighted by Gasteiger charge is 2.38. The van der Waals surface area contributed by atoms with Gasteiger partial charge in [0.15, 0.2) is 6.23 Å². The lowest BCUT2D eigenvalue weighted by Crippen LogP contribution is -2.54. The van der Waals surface area contributed by atoms with Crippen LogP contribution in [0.1, 0.15) is 35.7 Å². The van der Waals surface area contributed by atoms with Crippen LogP contribution in [0.2, 0.25) is 0 Å². The third-order valence-electron chi connectivity index (χ3n) is 4.53. The highest BCUT2D eigenvalue weighted by molar-refractivity contribution is 9.09. The molecule has 0 saturated carbocycles. The average Bonchev–Trinajstić information content (AvgIpc) is 3.22. The van der Waals surface area contributed by atoms with Crippen LogP contribution in [0.15, 0.2) is 28.6 Å². The second-order valence-electron chi connectivity index (χ2n) is 6.76. The number of amides is 2. The van der Waals surface area contributed by atoms with E-state index < -0.39 is 23.4 Å². The molecule has 1 saturated heterocycles. The summed E-state index contributed by atoms with van der Waals surface area (Å²) in [7, 11) is 1.67. The fourth-order valence-electron chi connectivity index (χ4n) is 2.93. The van der Waals surface area contributed by atoms with E-state index in [1.807, 2.05) is 19.1 Å². The molecule has 3 rings (SSSR count). The van der Waals surface area contributed by atoms with Gasteiger partial charge in [0.25, 0.3) is 0 Å². The van der Waals surface area contributed by atoms with E-state index in [2.05, 4.69) is 26.1 Å². The molecule has 0 bridgehead atoms. The summed E-state index contributed by atoms with van der Waals surface area (Å²) in [6.07, 6.45) is 1.25. The number of hydrogen-bond acceptors (Lipinski definition) is 7. The maximum absolute atomic E-state index is 12.8. The molecule has 162 valence electrons. The molecule has 1 fully saturated rings. The second kappa shape index (κ2) is 10.6. The minimum absolute atomic E-state index is 0.275. The Labute approximate surface area is 190 Å². The fraction of sp³-hybridized carbons (Fsp3) is 0.474. The molecule has 2 amide bonds. The monoisotopic (exact) mass is 514 g/mol. The van der Waals surface area contributed by atoms with Crippen molar-refractivity contribution in [1.29, 1.82) is 0 Å². The Morgan fingerprint density at radius 3 is 2.77 bits per heavy atom. The van der Waals surface area contributed by atoms with Crippen molar-refractivity contribution in [2.45, 2.75) is 36.8 Å². The van der Waals surface area contributed by atoms with E-state index in [9.17, 15) is 14.1 Å². The first-order valence-electron chi connectivity index (χ1n) is 9.56. The quantitative estimate of drug-likeness (QED) is 0.231. The predicted octanol–water partition coefficient (Wildman–Crippen LogP) is 3.44. The number of alkyl halides is 1. The summed E-state index contributed by atoms with van der Waals surface area (Å²) < 4.78 is 18.3. The Hall–Kier alpha value is -1.69. The van der Waals surface area contributed by atoms with Crippen LogP contribution in [0.3, 0.4) is 0 Å². The summed E-state index contributed by atoms with van der Waals surface area (Å²) >= 11 is 3.22. The molecular formula is C19H23BrN4O4S2. The number of urea groups is 1. The topological polar surface area (TPSA) is 98.7 Å². The van der Waals surface area contributed by atoms with E-state index in [1.165, 1.54) is 9.80 Å². The number of carbonyl (C=O) groups excluding carboxylic acids is 2. The van der Waals surface area contributed by atoms with Crippen LogP contribution in [0.25, 0.3) is 0 Å². The maximum Gasteiger partial charge on any atom is 0.340 e. The number of esters is 1. The average molecular weight is 515 g/mol. The molecule has 1 aromatic heterocycles. The van der Waals surface area contributed by atoms with Crippen LogP contribution < -0.4 is 4.90 Å². The number of hydrogen-bond donors (Lipinski definition) is 0. The van der Waals surface area contributed by atoms with E-state index in [1.54, 1.807) is 19.2 Å². The van der Waals surface area contributed by atoms with E-state index >= 15 is 0 Å². The molecule has 1 aromatic carbocycles. The smallest absolute Gasteiger partial charge is 0.340 e. The van der Waals surface area contributed by atoms with Crippen molar-refractivity contribution in [2.24, 2.45) is 0 Å². The first-order valence-corrected chi connectivity index (χ1v) is 12.8. The Morgan fingerprint density at radius 1 is 1.37 bits per heavy atom. The van der Waals surface area contributed by atoms with Gasteiger partial charge < -0.3 is 14.2 Å². The number of aromatic nitrogens is 2. The SMILES string of the molecule is CCC[S+]([O-])c1nnc(N2C(=O)N(C)CCC2OC(=O)c2ccc(CCBr)cc2)s1. The second-order valence-corrected chi connectivity index (χ2v) is 10.3. The third-order valence-corrected chi connectivity index (χ3v) is 7.71. The van der Waals surface area contributed by atoms with Gasteiger partial charge in [-0.25, -0.2) is 14.5 Å². The Balaban J connectivity index is 1.78. The van der Waals surface area contributed by atoms with Crippen molar-refractivity contribution < 1.29 is 18.9 Å². The lowest BCUT2D eigenvalue weighted by molar-refractivity contribution is 0.0229. The van der Waals surface area contributed by atoms with Crippen molar-refractivity contribution in [3.8, 4) is 0 Å². The number of anilines is 1. The van der Waals surface area contributed by atoms with E-state index in [4.69, 9.17) is 4.74 Å². The summed E-state index contributed by atoms with van der Waals surface area (Å²) in [4.78, 5) is 28.3. The number of benzene rings is 1. The zero-order valence-corrected chi connectivity index (χ0v) is 20.0. The molecule has 2 heterocycles. The van der Waals surface area contributed by atoms with Crippen LogP contribution in [0.5, 0.6) is 0 Å². The highest BCUT2D eigenvalue weighted by Crippen LogP contribution is 2.30. The van der Waals surface area contributed by atoms with Gasteiger partial charge >= 0.3 is 16.3 Å². The third kappa shape index (κ3) is 5.32. The van der Waals surface area contributed by atoms with Crippen molar-refractivity contribution in [3.63, 3.8) is 0 Å². The molecule has 2 unspecified atom stereocenters. The van der Waals surface area contributed by atoms with Gasteiger partial charge in [-0.1, -0.05) is 40.1 Å². The summed E-state index contributed by atoms with van der Waals surface area (Å²) in [5.41, 5.74) is 1.53. The molecule has 0 spiro atoms. The maximum atomic E-state index is 12.8. The van der Waals surface area contributed by atoms with Crippen molar-refractivity contribution >= 4 is 55.6 Å². The number of nitrogens with zero attached hydrogens (tertiary/aromatic N) is 4. The number of aryl methyl sites for hydroxylation is 1. The summed E-state index contributed by atoms with van der Waals surface area (Å²) in [5.74, 6) is -0.0292. The molecule has 0 radical (unpaired) electrons. The predicted molar refractivity (Wildman–Crippen MR) is 120 cm³/mol. The van der Waals surface area contributed by atoms with Crippen LogP contribution >= 0.6 is 27.3 Å². The molecule has 11 heteroatoms. The number of carbonyl (C=O) groups is 2. The minimum atomic E-state index is -1.26. The molecule has 8 nitrogen and oxygen atoms in total. The molecule has 1 aliphatic heterocycles. The number of ether oxygens (including phenoxy) is 1. The zero-order valence-electron chi connectivity index (χ0n) is 16.7. The normalized spacial score (nSPS) is 17.9. The van der Waals surface area contributed by atoms with Gasteiger partial charge in [-0.3, -0.25) is 0 Å². The number of halogens is 1. The van der Waals surface area contributed by atoms with Gasteiger partial charge in [0.1, 0.15) is 5.75 Å². The first-order chi connectivity index (χ1) is 14.4. The van der Waals surface area contributed by atoms with Gasteiger partial charge in [0, 0.05) is 36.5 Å². The fourth-order valence-corrected chi connectivity index (χ4v) is 5.52. The first kappa shape index (κ1) is 23.0. The van der Waals surface area contributed by atoms with E-state index in [0.717, 1.165) is 35.1 Å². The van der Waals surface area contributed by atoms with Gasteiger partial charge in [-0.2, -0.15) is 0 Å². The van der Waals surface area contributed by atoms with Gasteiger partial charge in [-0.05, 0) is 41.9 Å². The lowest BCUT2D eigenvalue weighted by Gasteiger charge is -2.37. The summed E-state index contributed by atoms with van der Waals surface area (Å²) in [6, 6.07) is 6.87. The molecular weight excluding hydrogens is 492 g/mol. The number of rotatable bonds is 8.